The van der Waals surface area contributed by atoms with Gasteiger partial charge in [0, 0.05) is 23.6 Å². The number of hydrogen-bond donors (Lipinski definition) is 1. The van der Waals surface area contributed by atoms with Crippen LogP contribution >= 0.6 is 11.8 Å². The first-order chi connectivity index (χ1) is 16.1. The van der Waals surface area contributed by atoms with Crippen LogP contribution in [0.1, 0.15) is 18.4 Å². The average molecular weight is 463 g/mol. The third kappa shape index (κ3) is 5.66. The largest absolute Gasteiger partial charge is 0.494 e. The van der Waals surface area contributed by atoms with E-state index in [1.807, 2.05) is 60.9 Å². The number of thioether (sulfide) groups is 1. The number of hydrazone groups is 1. The zero-order valence-electron chi connectivity index (χ0n) is 18.1. The molecule has 1 aromatic carbocycles. The number of amides is 1. The van der Waals surface area contributed by atoms with Gasteiger partial charge < -0.3 is 9.15 Å². The lowest BCUT2D eigenvalue weighted by Crippen LogP contribution is -2.19. The topological polar surface area (TPSA) is 107 Å². The van der Waals surface area contributed by atoms with Crippen molar-refractivity contribution in [1.82, 2.24) is 25.2 Å². The van der Waals surface area contributed by atoms with Gasteiger partial charge in [-0.05, 0) is 62.4 Å². The summed E-state index contributed by atoms with van der Waals surface area (Å²) in [5.74, 6) is 2.57. The molecular weight excluding hydrogens is 440 g/mol. The maximum Gasteiger partial charge on any atom is 0.250 e. The van der Waals surface area contributed by atoms with Crippen LogP contribution < -0.4 is 10.2 Å². The Kier molecular flexibility index (Phi) is 7.16. The van der Waals surface area contributed by atoms with Crippen molar-refractivity contribution in [3.63, 3.8) is 0 Å². The molecule has 3 heterocycles. The number of aromatic nitrogens is 4. The third-order valence-electron chi connectivity index (χ3n) is 4.43. The Labute approximate surface area is 194 Å². The van der Waals surface area contributed by atoms with E-state index >= 15 is 0 Å². The lowest BCUT2D eigenvalue weighted by molar-refractivity contribution is -0.118. The highest BCUT2D eigenvalue weighted by Crippen LogP contribution is 2.28. The highest BCUT2D eigenvalue weighted by Gasteiger charge is 2.17. The van der Waals surface area contributed by atoms with Crippen LogP contribution in [0.5, 0.6) is 5.75 Å². The van der Waals surface area contributed by atoms with E-state index in [2.05, 4.69) is 25.7 Å². The number of pyridine rings is 1. The molecule has 0 bridgehead atoms. The minimum absolute atomic E-state index is 0.108. The summed E-state index contributed by atoms with van der Waals surface area (Å²) in [4.78, 5) is 16.5. The van der Waals surface area contributed by atoms with Gasteiger partial charge in [0.05, 0.1) is 18.6 Å². The molecule has 0 unspecified atom stereocenters. The summed E-state index contributed by atoms with van der Waals surface area (Å²) in [6.07, 6.45) is 4.88. The van der Waals surface area contributed by atoms with Gasteiger partial charge in [-0.15, -0.1) is 10.2 Å². The monoisotopic (exact) mass is 462 g/mol. The fourth-order valence-corrected chi connectivity index (χ4v) is 3.73. The first kappa shape index (κ1) is 22.3. The van der Waals surface area contributed by atoms with Crippen LogP contribution in [0.25, 0.3) is 17.1 Å². The maximum absolute atomic E-state index is 12.3. The molecule has 0 aliphatic rings. The number of aryl methyl sites for hydroxylation is 1. The van der Waals surface area contributed by atoms with Gasteiger partial charge in [0.15, 0.2) is 11.0 Å². The molecule has 0 saturated carbocycles. The molecule has 0 aliphatic carbocycles. The third-order valence-corrected chi connectivity index (χ3v) is 5.36. The quantitative estimate of drug-likeness (QED) is 0.229. The molecule has 4 aromatic rings. The molecule has 0 spiro atoms. The Balaban J connectivity index is 1.52. The highest BCUT2D eigenvalue weighted by molar-refractivity contribution is 7.99. The molecule has 168 valence electrons. The van der Waals surface area contributed by atoms with Gasteiger partial charge in [0.25, 0.3) is 5.91 Å². The van der Waals surface area contributed by atoms with Gasteiger partial charge in [-0.25, -0.2) is 5.43 Å². The first-order valence-electron chi connectivity index (χ1n) is 10.2. The summed E-state index contributed by atoms with van der Waals surface area (Å²) >= 11 is 1.26. The number of carbonyl (C=O) groups is 1. The normalized spacial score (nSPS) is 11.1. The number of ether oxygens (including phenoxy) is 1. The molecule has 0 saturated heterocycles. The number of carbonyl (C=O) groups excluding carboxylic acids is 1. The maximum atomic E-state index is 12.3. The number of hydrogen-bond acceptors (Lipinski definition) is 8. The van der Waals surface area contributed by atoms with Gasteiger partial charge in [-0.3, -0.25) is 14.3 Å². The Hall–Kier alpha value is -3.92. The Morgan fingerprint density at radius 1 is 1.21 bits per heavy atom. The van der Waals surface area contributed by atoms with Crippen LogP contribution in [0.3, 0.4) is 0 Å². The van der Waals surface area contributed by atoms with Crippen LogP contribution in [-0.2, 0) is 4.79 Å². The van der Waals surface area contributed by atoms with Crippen molar-refractivity contribution in [1.29, 1.82) is 0 Å². The Morgan fingerprint density at radius 3 is 2.76 bits per heavy atom. The molecule has 10 heteroatoms. The number of nitrogens with zero attached hydrogens (tertiary/aromatic N) is 5. The lowest BCUT2D eigenvalue weighted by atomic mass is 10.2. The first-order valence-corrected chi connectivity index (χ1v) is 11.2. The summed E-state index contributed by atoms with van der Waals surface area (Å²) < 4.78 is 12.8. The number of rotatable bonds is 9. The predicted octanol–water partition coefficient (Wildman–Crippen LogP) is 3.87. The Bertz CT molecular complexity index is 1230. The smallest absolute Gasteiger partial charge is 0.250 e. The van der Waals surface area contributed by atoms with Crippen molar-refractivity contribution in [2.45, 2.75) is 19.0 Å². The van der Waals surface area contributed by atoms with Crippen molar-refractivity contribution >= 4 is 23.9 Å². The molecule has 3 aromatic heterocycles. The zero-order chi connectivity index (χ0) is 23.0. The number of furan rings is 1. The van der Waals surface area contributed by atoms with Crippen LogP contribution in [0.15, 0.2) is 75.6 Å². The van der Waals surface area contributed by atoms with Gasteiger partial charge in [0.2, 0.25) is 0 Å². The minimum atomic E-state index is -0.274. The minimum Gasteiger partial charge on any atom is -0.494 e. The van der Waals surface area contributed by atoms with E-state index in [4.69, 9.17) is 9.15 Å². The van der Waals surface area contributed by atoms with Gasteiger partial charge >= 0.3 is 0 Å². The summed E-state index contributed by atoms with van der Waals surface area (Å²) in [6.45, 7) is 4.37. The summed E-state index contributed by atoms with van der Waals surface area (Å²) in [7, 11) is 0. The van der Waals surface area contributed by atoms with E-state index in [0.29, 0.717) is 23.3 Å². The van der Waals surface area contributed by atoms with Crippen molar-refractivity contribution < 1.29 is 13.9 Å². The second-order valence-electron chi connectivity index (χ2n) is 6.84. The molecule has 0 aliphatic heterocycles. The molecule has 1 N–H and O–H groups in total. The molecule has 0 fully saturated rings. The molecule has 0 atom stereocenters. The van der Waals surface area contributed by atoms with E-state index in [1.54, 1.807) is 18.5 Å². The lowest BCUT2D eigenvalue weighted by Gasteiger charge is -2.11. The molecule has 33 heavy (non-hydrogen) atoms. The van der Waals surface area contributed by atoms with Gasteiger partial charge in [-0.2, -0.15) is 5.10 Å². The van der Waals surface area contributed by atoms with E-state index in [0.717, 1.165) is 22.8 Å². The molecule has 4 rings (SSSR count). The van der Waals surface area contributed by atoms with Crippen LogP contribution in [0.4, 0.5) is 0 Å². The van der Waals surface area contributed by atoms with Gasteiger partial charge in [0.1, 0.15) is 17.3 Å². The van der Waals surface area contributed by atoms with Crippen molar-refractivity contribution in [2.75, 3.05) is 12.4 Å². The summed E-state index contributed by atoms with van der Waals surface area (Å²) in [5.41, 5.74) is 4.15. The van der Waals surface area contributed by atoms with E-state index in [-0.39, 0.29) is 11.7 Å². The molecule has 9 nitrogen and oxygen atoms in total. The molecule has 1 amide bonds. The standard InChI is InChI=1S/C23H22N6O3S/c1-3-31-19-10-7-18(8-11-19)29-22(17-5-4-12-24-13-17)27-28-23(29)33-15-21(30)26-25-14-20-9-6-16(2)32-20/h4-14H,3,15H2,1-2H3,(H,26,30)/b25-14-. The predicted molar refractivity (Wildman–Crippen MR) is 126 cm³/mol. The second kappa shape index (κ2) is 10.6. The van der Waals surface area contributed by atoms with Crippen molar-refractivity contribution in [3.05, 3.63) is 72.4 Å². The number of nitrogens with one attached hydrogen (secondary N) is 1. The SMILES string of the molecule is CCOc1ccc(-n2c(SCC(=O)N/N=C\c3ccc(C)o3)nnc2-c2cccnc2)cc1. The van der Waals surface area contributed by atoms with Crippen LogP contribution in [0.2, 0.25) is 0 Å². The average Bonchev–Trinajstić information content (AvgIpc) is 3.45. The molecule has 0 radical (unpaired) electrons. The van der Waals surface area contributed by atoms with Crippen LogP contribution in [-0.4, -0.2) is 44.2 Å². The fourth-order valence-electron chi connectivity index (χ4n) is 2.99. The number of benzene rings is 1. The fraction of sp³-hybridized carbons (Fsp3) is 0.174. The van der Waals surface area contributed by atoms with E-state index < -0.39 is 0 Å². The summed E-state index contributed by atoms with van der Waals surface area (Å²) in [5, 5.41) is 13.2. The van der Waals surface area contributed by atoms with Gasteiger partial charge in [-0.1, -0.05) is 11.8 Å². The molecular formula is C23H22N6O3S. The van der Waals surface area contributed by atoms with Crippen molar-refractivity contribution in [3.8, 4) is 22.8 Å². The second-order valence-corrected chi connectivity index (χ2v) is 7.78. The highest BCUT2D eigenvalue weighted by atomic mass is 32.2. The van der Waals surface area contributed by atoms with Crippen LogP contribution in [0, 0.1) is 6.92 Å². The summed E-state index contributed by atoms with van der Waals surface area (Å²) in [6, 6.07) is 15.0. The Morgan fingerprint density at radius 2 is 2.06 bits per heavy atom. The van der Waals surface area contributed by atoms with E-state index in [9.17, 15) is 4.79 Å². The van der Waals surface area contributed by atoms with Crippen molar-refractivity contribution in [2.24, 2.45) is 5.10 Å². The van der Waals surface area contributed by atoms with E-state index in [1.165, 1.54) is 18.0 Å². The zero-order valence-corrected chi connectivity index (χ0v) is 19.0.